The number of fused-ring (bicyclic) bond motifs is 5. The topological polar surface area (TPSA) is 131 Å². The van der Waals surface area contributed by atoms with Crippen LogP contribution in [0.4, 0.5) is 0 Å². The molecular weight excluding hydrogens is 476 g/mol. The van der Waals surface area contributed by atoms with Gasteiger partial charge in [0.05, 0.1) is 12.8 Å². The highest BCUT2D eigenvalue weighted by Gasteiger charge is 2.66. The number of hydroxylamine groups is 2. The number of carbonyl (C=O) groups excluding carboxylic acids is 5. The summed E-state index contributed by atoms with van der Waals surface area (Å²) < 4.78 is 5.90. The second kappa shape index (κ2) is 9.07. The van der Waals surface area contributed by atoms with Crippen molar-refractivity contribution in [3.8, 4) is 6.07 Å². The summed E-state index contributed by atoms with van der Waals surface area (Å²) in [6.45, 7) is 4.38. The van der Waals surface area contributed by atoms with E-state index in [-0.39, 0.29) is 42.8 Å². The highest BCUT2D eigenvalue weighted by Crippen LogP contribution is 2.68. The quantitative estimate of drug-likeness (QED) is 0.404. The lowest BCUT2D eigenvalue weighted by atomic mass is 9.46. The third-order valence-electron chi connectivity index (χ3n) is 10.3. The Morgan fingerprint density at radius 3 is 2.32 bits per heavy atom. The SMILES string of the molecule is CC12CCC(=O)C=C1CCC1C2CCC2(C)C1CCC2(C#N)OC(=O)CCC(=O)ON1C(=O)CCC1=O. The molecule has 0 spiro atoms. The summed E-state index contributed by atoms with van der Waals surface area (Å²) in [5.41, 5.74) is -0.445. The van der Waals surface area contributed by atoms with Gasteiger partial charge >= 0.3 is 11.9 Å². The van der Waals surface area contributed by atoms with E-state index in [2.05, 4.69) is 19.9 Å². The van der Waals surface area contributed by atoms with E-state index in [9.17, 15) is 29.2 Å². The van der Waals surface area contributed by atoms with Crippen molar-refractivity contribution < 1.29 is 33.5 Å². The molecule has 2 amide bonds. The molecule has 9 heteroatoms. The van der Waals surface area contributed by atoms with Crippen LogP contribution in [0.5, 0.6) is 0 Å². The summed E-state index contributed by atoms with van der Waals surface area (Å²) in [5.74, 6) is -1.35. The minimum Gasteiger partial charge on any atom is -0.443 e. The largest absolute Gasteiger partial charge is 0.443 e. The van der Waals surface area contributed by atoms with E-state index in [4.69, 9.17) is 9.57 Å². The van der Waals surface area contributed by atoms with Crippen LogP contribution in [-0.2, 0) is 33.5 Å². The molecule has 0 radical (unpaired) electrons. The van der Waals surface area contributed by atoms with Crippen molar-refractivity contribution in [2.75, 3.05) is 0 Å². The first-order valence-corrected chi connectivity index (χ1v) is 13.5. The van der Waals surface area contributed by atoms with Gasteiger partial charge in [0.15, 0.2) is 5.78 Å². The molecule has 198 valence electrons. The number of hydrogen-bond donors (Lipinski definition) is 0. The third kappa shape index (κ3) is 4.00. The van der Waals surface area contributed by atoms with Gasteiger partial charge in [-0.1, -0.05) is 19.4 Å². The molecule has 0 N–H and O–H groups in total. The molecule has 6 atom stereocenters. The van der Waals surface area contributed by atoms with Crippen molar-refractivity contribution in [3.05, 3.63) is 11.6 Å². The number of allylic oxidation sites excluding steroid dienone is 1. The number of ketones is 1. The van der Waals surface area contributed by atoms with E-state index >= 15 is 0 Å². The van der Waals surface area contributed by atoms with Crippen LogP contribution in [0.2, 0.25) is 0 Å². The number of amides is 2. The number of nitriles is 1. The number of imide groups is 1. The highest BCUT2D eigenvalue weighted by atomic mass is 16.7. The Kier molecular flexibility index (Phi) is 6.28. The first-order chi connectivity index (χ1) is 17.5. The monoisotopic (exact) mass is 510 g/mol. The van der Waals surface area contributed by atoms with Gasteiger partial charge in [-0.15, -0.1) is 5.06 Å². The number of carbonyl (C=O) groups is 5. The van der Waals surface area contributed by atoms with Gasteiger partial charge in [0.2, 0.25) is 5.60 Å². The van der Waals surface area contributed by atoms with Gasteiger partial charge in [0.25, 0.3) is 11.8 Å². The zero-order valence-corrected chi connectivity index (χ0v) is 21.5. The normalized spacial score (nSPS) is 38.7. The van der Waals surface area contributed by atoms with Crippen LogP contribution < -0.4 is 0 Å². The molecular formula is C28H34N2O7. The van der Waals surface area contributed by atoms with Gasteiger partial charge in [-0.2, -0.15) is 5.26 Å². The zero-order chi connectivity index (χ0) is 26.6. The van der Waals surface area contributed by atoms with Gasteiger partial charge in [-0.25, -0.2) is 4.79 Å². The average molecular weight is 511 g/mol. The lowest BCUT2D eigenvalue weighted by molar-refractivity contribution is -0.198. The molecule has 37 heavy (non-hydrogen) atoms. The predicted octanol–water partition coefficient (Wildman–Crippen LogP) is 3.71. The molecule has 1 heterocycles. The maximum Gasteiger partial charge on any atom is 0.333 e. The van der Waals surface area contributed by atoms with Crippen LogP contribution in [0.1, 0.15) is 90.9 Å². The molecule has 9 nitrogen and oxygen atoms in total. The Morgan fingerprint density at radius 2 is 1.62 bits per heavy atom. The third-order valence-corrected chi connectivity index (χ3v) is 10.3. The predicted molar refractivity (Wildman–Crippen MR) is 128 cm³/mol. The Bertz CT molecular complexity index is 1120. The van der Waals surface area contributed by atoms with Gasteiger partial charge in [0.1, 0.15) is 6.07 Å². The molecule has 4 fully saturated rings. The molecule has 5 rings (SSSR count). The molecule has 1 saturated heterocycles. The van der Waals surface area contributed by atoms with Gasteiger partial charge in [-0.3, -0.25) is 19.2 Å². The van der Waals surface area contributed by atoms with Crippen LogP contribution in [0.25, 0.3) is 0 Å². The molecule has 0 bridgehead atoms. The van der Waals surface area contributed by atoms with Crippen molar-refractivity contribution in [2.45, 2.75) is 96.5 Å². The first-order valence-electron chi connectivity index (χ1n) is 13.5. The van der Waals surface area contributed by atoms with Crippen molar-refractivity contribution >= 4 is 29.5 Å². The van der Waals surface area contributed by atoms with Crippen LogP contribution >= 0.6 is 0 Å². The smallest absolute Gasteiger partial charge is 0.333 e. The number of nitrogens with zero attached hydrogens (tertiary/aromatic N) is 2. The summed E-state index contributed by atoms with van der Waals surface area (Å²) in [7, 11) is 0. The molecule has 0 aromatic rings. The second-order valence-corrected chi connectivity index (χ2v) is 11.9. The van der Waals surface area contributed by atoms with E-state index in [1.54, 1.807) is 0 Å². The zero-order valence-electron chi connectivity index (χ0n) is 21.5. The van der Waals surface area contributed by atoms with Crippen molar-refractivity contribution in [2.24, 2.45) is 28.6 Å². The van der Waals surface area contributed by atoms with E-state index in [0.717, 1.165) is 38.5 Å². The molecule has 0 aromatic heterocycles. The number of ether oxygens (including phenoxy) is 1. The molecule has 1 aliphatic heterocycles. The van der Waals surface area contributed by atoms with Crippen LogP contribution in [-0.4, -0.2) is 40.2 Å². The van der Waals surface area contributed by atoms with Gasteiger partial charge < -0.3 is 9.57 Å². The Balaban J connectivity index is 1.25. The maximum atomic E-state index is 12.8. The highest BCUT2D eigenvalue weighted by molar-refractivity contribution is 6.01. The summed E-state index contributed by atoms with van der Waals surface area (Å²) in [6.07, 6.45) is 7.51. The molecule has 6 unspecified atom stereocenters. The van der Waals surface area contributed by atoms with Crippen molar-refractivity contribution in [1.82, 2.24) is 5.06 Å². The second-order valence-electron chi connectivity index (χ2n) is 11.9. The fraction of sp³-hybridized carbons (Fsp3) is 0.714. The molecule has 3 saturated carbocycles. The standard InChI is InChI=1S/C28H34N2O7/c1-26-12-9-18(31)15-17(26)3-4-19-20(26)10-13-27(2)21(19)11-14-28(27,16-29)36-24(34)7-8-25(35)37-30-22(32)5-6-23(30)33/h15,19-21H,3-14H2,1-2H3. The molecule has 4 aliphatic carbocycles. The van der Waals surface area contributed by atoms with Crippen LogP contribution in [0, 0.1) is 39.9 Å². The lowest BCUT2D eigenvalue weighted by Gasteiger charge is -2.58. The number of rotatable bonds is 5. The summed E-state index contributed by atoms with van der Waals surface area (Å²) >= 11 is 0. The van der Waals surface area contributed by atoms with Crippen LogP contribution in [0.15, 0.2) is 11.6 Å². The van der Waals surface area contributed by atoms with E-state index in [1.165, 1.54) is 5.57 Å². The number of esters is 1. The Labute approximate surface area is 216 Å². The minimum absolute atomic E-state index is 0.00464. The molecule has 5 aliphatic rings. The summed E-state index contributed by atoms with van der Waals surface area (Å²) in [4.78, 5) is 65.1. The summed E-state index contributed by atoms with van der Waals surface area (Å²) in [6, 6.07) is 2.36. The van der Waals surface area contributed by atoms with Gasteiger partial charge in [0, 0.05) is 31.1 Å². The van der Waals surface area contributed by atoms with E-state index < -0.39 is 34.8 Å². The minimum atomic E-state index is -1.26. The maximum absolute atomic E-state index is 12.8. The van der Waals surface area contributed by atoms with Crippen LogP contribution in [0.3, 0.4) is 0 Å². The van der Waals surface area contributed by atoms with E-state index in [1.807, 2.05) is 6.08 Å². The Hall–Kier alpha value is -3.02. The fourth-order valence-corrected chi connectivity index (χ4v) is 8.19. The van der Waals surface area contributed by atoms with Crippen molar-refractivity contribution in [3.63, 3.8) is 0 Å². The fourth-order valence-electron chi connectivity index (χ4n) is 8.19. The van der Waals surface area contributed by atoms with Gasteiger partial charge in [-0.05, 0) is 67.8 Å². The summed E-state index contributed by atoms with van der Waals surface area (Å²) in [5, 5.41) is 10.8. The average Bonchev–Trinajstić information content (AvgIpc) is 3.34. The number of hydrogen-bond acceptors (Lipinski definition) is 8. The lowest BCUT2D eigenvalue weighted by Crippen LogP contribution is -2.55. The van der Waals surface area contributed by atoms with E-state index in [0.29, 0.717) is 29.7 Å². The van der Waals surface area contributed by atoms with Crippen molar-refractivity contribution in [1.29, 1.82) is 5.26 Å². The Morgan fingerprint density at radius 1 is 0.946 bits per heavy atom. The first kappa shape index (κ1) is 25.6. The molecule has 0 aromatic carbocycles.